The highest BCUT2D eigenvalue weighted by Crippen LogP contribution is 2.19. The quantitative estimate of drug-likeness (QED) is 0.0400. The molecule has 0 unspecified atom stereocenters. The van der Waals surface area contributed by atoms with Gasteiger partial charge in [-0.05, 0) is 67.8 Å². The van der Waals surface area contributed by atoms with E-state index >= 15 is 0 Å². The lowest BCUT2D eigenvalue weighted by atomic mass is 10.1. The molecule has 260 valence electrons. The second-order valence-corrected chi connectivity index (χ2v) is 12.4. The zero-order valence-electron chi connectivity index (χ0n) is 28.8. The van der Waals surface area contributed by atoms with Gasteiger partial charge in [0.05, 0.1) is 25.6 Å². The molecule has 0 spiro atoms. The van der Waals surface area contributed by atoms with E-state index in [1.165, 1.54) is 109 Å². The Morgan fingerprint density at radius 3 is 1.50 bits per heavy atom. The number of nitrogens with two attached hydrogens (primary N) is 1. The van der Waals surface area contributed by atoms with Crippen LogP contribution in [0.25, 0.3) is 0 Å². The maximum absolute atomic E-state index is 12.2. The van der Waals surface area contributed by atoms with Gasteiger partial charge in [0.15, 0.2) is 0 Å². The predicted octanol–water partition coefficient (Wildman–Crippen LogP) is 10.2. The molecular weight excluding hydrogens is 576 g/mol. The summed E-state index contributed by atoms with van der Waals surface area (Å²) < 4.78 is 11.7. The number of carbonyl (C=O) groups is 1. The molecule has 0 saturated carbocycles. The minimum atomic E-state index is -0.141. The van der Waals surface area contributed by atoms with Crippen LogP contribution in [0, 0.1) is 0 Å². The fourth-order valence-electron chi connectivity index (χ4n) is 5.44. The van der Waals surface area contributed by atoms with E-state index in [1.807, 2.05) is 36.4 Å². The Kier molecular flexibility index (Phi) is 23.2. The Morgan fingerprint density at radius 2 is 1.04 bits per heavy atom. The fraction of sp³-hybridized carbons (Fsp3) is 0.658. The topological polar surface area (TPSA) is 109 Å². The number of amides is 2. The minimum Gasteiger partial charge on any atom is -0.494 e. The van der Waals surface area contributed by atoms with Crippen LogP contribution in [0.1, 0.15) is 135 Å². The number of hydrogen-bond donors (Lipinski definition) is 4. The summed E-state index contributed by atoms with van der Waals surface area (Å²) in [6, 6.07) is 14.8. The van der Waals surface area contributed by atoms with E-state index in [4.69, 9.17) is 15.2 Å². The number of carbonyl (C=O) groups excluding carboxylic acids is 1. The third-order valence-electron chi connectivity index (χ3n) is 8.31. The Hall–Kier alpha value is -2.97. The number of rotatable bonds is 29. The standard InChI is InChI=1S/C38H64N4O4/c1-2-3-4-5-6-7-10-13-16-19-30-40-38(43)41-34-22-26-36(27-23-34)45-31-20-17-14-11-8-9-12-15-18-21-32-46-37-28-24-35(25-29-37)42(44)33-39/h22-29,44H,2-21,30-33,39H2,1H3,(H2,40,41,43). The van der Waals surface area contributed by atoms with Crippen molar-refractivity contribution in [3.8, 4) is 11.5 Å². The highest BCUT2D eigenvalue weighted by Gasteiger charge is 2.03. The summed E-state index contributed by atoms with van der Waals surface area (Å²) in [5, 5.41) is 16.5. The molecule has 0 aliphatic heterocycles. The SMILES string of the molecule is CCCCCCCCCCCCNC(=O)Nc1ccc(OCCCCCCCCCCCCOc2ccc(N(O)CN)cc2)cc1. The second kappa shape index (κ2) is 27.2. The molecule has 46 heavy (non-hydrogen) atoms. The van der Waals surface area contributed by atoms with E-state index in [0.717, 1.165) is 61.3 Å². The van der Waals surface area contributed by atoms with E-state index in [1.54, 1.807) is 12.1 Å². The van der Waals surface area contributed by atoms with Gasteiger partial charge in [-0.2, -0.15) is 0 Å². The number of hydrogen-bond acceptors (Lipinski definition) is 6. The number of nitrogens with zero attached hydrogens (tertiary/aromatic N) is 1. The fourth-order valence-corrected chi connectivity index (χ4v) is 5.44. The number of ether oxygens (including phenoxy) is 2. The molecule has 0 aliphatic rings. The van der Waals surface area contributed by atoms with Crippen molar-refractivity contribution in [1.29, 1.82) is 0 Å². The summed E-state index contributed by atoms with van der Waals surface area (Å²) in [7, 11) is 0. The summed E-state index contributed by atoms with van der Waals surface area (Å²) >= 11 is 0. The van der Waals surface area contributed by atoms with Crippen LogP contribution < -0.4 is 30.9 Å². The van der Waals surface area contributed by atoms with Crippen LogP contribution in [0.2, 0.25) is 0 Å². The van der Waals surface area contributed by atoms with Crippen molar-refractivity contribution in [2.24, 2.45) is 5.73 Å². The van der Waals surface area contributed by atoms with Gasteiger partial charge in [0.25, 0.3) is 0 Å². The molecular formula is C38H64N4O4. The van der Waals surface area contributed by atoms with Crippen molar-refractivity contribution in [2.45, 2.75) is 135 Å². The molecule has 2 aromatic carbocycles. The third kappa shape index (κ3) is 20.2. The number of anilines is 2. The number of hydroxylamine groups is 1. The van der Waals surface area contributed by atoms with Crippen molar-refractivity contribution in [3.05, 3.63) is 48.5 Å². The molecule has 0 aromatic heterocycles. The monoisotopic (exact) mass is 640 g/mol. The first-order valence-electron chi connectivity index (χ1n) is 18.3. The Balaban J connectivity index is 1.34. The van der Waals surface area contributed by atoms with E-state index in [0.29, 0.717) is 5.69 Å². The van der Waals surface area contributed by atoms with Gasteiger partial charge in [-0.1, -0.05) is 116 Å². The summed E-state index contributed by atoms with van der Waals surface area (Å²) in [6.07, 6.45) is 25.2. The first-order valence-corrected chi connectivity index (χ1v) is 18.3. The van der Waals surface area contributed by atoms with Crippen LogP contribution in [0.15, 0.2) is 48.5 Å². The van der Waals surface area contributed by atoms with Crippen LogP contribution in [0.4, 0.5) is 16.2 Å². The van der Waals surface area contributed by atoms with Gasteiger partial charge in [0.2, 0.25) is 0 Å². The van der Waals surface area contributed by atoms with E-state index in [2.05, 4.69) is 17.6 Å². The van der Waals surface area contributed by atoms with Gasteiger partial charge >= 0.3 is 6.03 Å². The summed E-state index contributed by atoms with van der Waals surface area (Å²) in [6.45, 7) is 4.49. The van der Waals surface area contributed by atoms with Gasteiger partial charge in [-0.3, -0.25) is 5.21 Å². The average Bonchev–Trinajstić information content (AvgIpc) is 3.08. The highest BCUT2D eigenvalue weighted by atomic mass is 16.5. The zero-order chi connectivity index (χ0) is 32.9. The maximum atomic E-state index is 12.2. The first kappa shape index (κ1) is 39.2. The summed E-state index contributed by atoms with van der Waals surface area (Å²) in [5.41, 5.74) is 6.87. The van der Waals surface area contributed by atoms with Gasteiger partial charge in [-0.25, -0.2) is 9.86 Å². The highest BCUT2D eigenvalue weighted by molar-refractivity contribution is 5.89. The summed E-state index contributed by atoms with van der Waals surface area (Å²) in [5.74, 6) is 1.67. The lowest BCUT2D eigenvalue weighted by Gasteiger charge is -2.14. The van der Waals surface area contributed by atoms with Crippen molar-refractivity contribution >= 4 is 17.4 Å². The molecule has 0 atom stereocenters. The van der Waals surface area contributed by atoms with Gasteiger partial charge in [0.1, 0.15) is 11.5 Å². The molecule has 2 aromatic rings. The van der Waals surface area contributed by atoms with E-state index in [-0.39, 0.29) is 12.7 Å². The van der Waals surface area contributed by atoms with Crippen LogP contribution in [0.5, 0.6) is 11.5 Å². The van der Waals surface area contributed by atoms with Crippen molar-refractivity contribution in [2.75, 3.05) is 36.8 Å². The molecule has 8 nitrogen and oxygen atoms in total. The molecule has 0 fully saturated rings. The van der Waals surface area contributed by atoms with E-state index < -0.39 is 0 Å². The summed E-state index contributed by atoms with van der Waals surface area (Å²) in [4.78, 5) is 12.2. The smallest absolute Gasteiger partial charge is 0.319 e. The van der Waals surface area contributed by atoms with Crippen molar-refractivity contribution < 1.29 is 19.5 Å². The lowest BCUT2D eigenvalue weighted by molar-refractivity contribution is 0.252. The Labute approximate surface area is 279 Å². The number of urea groups is 1. The molecule has 2 rings (SSSR count). The van der Waals surface area contributed by atoms with Crippen LogP contribution in [-0.4, -0.2) is 37.7 Å². The molecule has 2 amide bonds. The van der Waals surface area contributed by atoms with Crippen LogP contribution in [-0.2, 0) is 0 Å². The normalized spacial score (nSPS) is 10.9. The zero-order valence-corrected chi connectivity index (χ0v) is 28.8. The predicted molar refractivity (Wildman–Crippen MR) is 192 cm³/mol. The maximum Gasteiger partial charge on any atom is 0.319 e. The number of nitrogens with one attached hydrogen (secondary N) is 2. The largest absolute Gasteiger partial charge is 0.494 e. The third-order valence-corrected chi connectivity index (χ3v) is 8.31. The molecule has 0 heterocycles. The van der Waals surface area contributed by atoms with Crippen molar-refractivity contribution in [3.63, 3.8) is 0 Å². The molecule has 0 radical (unpaired) electrons. The minimum absolute atomic E-state index is 0.0628. The molecule has 8 heteroatoms. The Morgan fingerprint density at radius 1 is 0.630 bits per heavy atom. The molecule has 5 N–H and O–H groups in total. The van der Waals surface area contributed by atoms with Gasteiger partial charge in [0, 0.05) is 12.2 Å². The number of benzene rings is 2. The molecule has 0 aliphatic carbocycles. The average molecular weight is 641 g/mol. The van der Waals surface area contributed by atoms with E-state index in [9.17, 15) is 10.0 Å². The lowest BCUT2D eigenvalue weighted by Crippen LogP contribution is -2.29. The van der Waals surface area contributed by atoms with Crippen LogP contribution in [0.3, 0.4) is 0 Å². The van der Waals surface area contributed by atoms with Crippen LogP contribution >= 0.6 is 0 Å². The van der Waals surface area contributed by atoms with Gasteiger partial charge < -0.3 is 25.8 Å². The molecule has 0 saturated heterocycles. The first-order chi connectivity index (χ1) is 22.6. The second-order valence-electron chi connectivity index (χ2n) is 12.4. The molecule has 0 bridgehead atoms. The number of unbranched alkanes of at least 4 members (excludes halogenated alkanes) is 18. The Bertz CT molecular complexity index is 987. The van der Waals surface area contributed by atoms with Crippen molar-refractivity contribution in [1.82, 2.24) is 5.32 Å². The van der Waals surface area contributed by atoms with Gasteiger partial charge in [-0.15, -0.1) is 0 Å².